The summed E-state index contributed by atoms with van der Waals surface area (Å²) in [5.74, 6) is -1.93. The second-order valence-corrected chi connectivity index (χ2v) is 8.01. The first kappa shape index (κ1) is 22.7. The zero-order valence-electron chi connectivity index (χ0n) is 18.1. The SMILES string of the molecule is CCC(C)C(N)C(=O)N1CCN(c2cc3c(cc2F)c(=O)c(C(=O)O)cn3CC)CC1. The molecule has 2 heterocycles. The molecule has 0 aliphatic carbocycles. The molecule has 1 saturated heterocycles. The van der Waals surface area contributed by atoms with E-state index in [1.54, 1.807) is 15.5 Å². The van der Waals surface area contributed by atoms with E-state index in [1.165, 1.54) is 6.20 Å². The zero-order valence-corrected chi connectivity index (χ0v) is 18.1. The Hall–Kier alpha value is -2.94. The normalized spacial score (nSPS) is 16.4. The van der Waals surface area contributed by atoms with Crippen LogP contribution in [0.15, 0.2) is 23.1 Å². The Bertz CT molecular complexity index is 1060. The molecule has 3 rings (SSSR count). The molecule has 1 amide bonds. The maximum absolute atomic E-state index is 15.0. The summed E-state index contributed by atoms with van der Waals surface area (Å²) in [4.78, 5) is 40.0. The van der Waals surface area contributed by atoms with E-state index in [-0.39, 0.29) is 22.8 Å². The molecule has 0 radical (unpaired) electrons. The van der Waals surface area contributed by atoms with Crippen molar-refractivity contribution in [1.29, 1.82) is 0 Å². The number of amides is 1. The molecule has 0 spiro atoms. The van der Waals surface area contributed by atoms with Crippen LogP contribution in [-0.2, 0) is 11.3 Å². The molecule has 2 unspecified atom stereocenters. The van der Waals surface area contributed by atoms with E-state index < -0.39 is 23.3 Å². The van der Waals surface area contributed by atoms with Gasteiger partial charge in [0.2, 0.25) is 11.3 Å². The van der Waals surface area contributed by atoms with Crippen LogP contribution in [0.5, 0.6) is 0 Å². The molecule has 2 atom stereocenters. The summed E-state index contributed by atoms with van der Waals surface area (Å²) in [5.41, 5.74) is 5.80. The van der Waals surface area contributed by atoms with Gasteiger partial charge in [0, 0.05) is 44.3 Å². The highest BCUT2D eigenvalue weighted by molar-refractivity contribution is 5.93. The van der Waals surface area contributed by atoms with Gasteiger partial charge in [0.1, 0.15) is 11.4 Å². The van der Waals surface area contributed by atoms with Crippen molar-refractivity contribution in [2.75, 3.05) is 31.1 Å². The van der Waals surface area contributed by atoms with Crippen LogP contribution in [0.2, 0.25) is 0 Å². The van der Waals surface area contributed by atoms with Gasteiger partial charge in [0.15, 0.2) is 0 Å². The molecule has 0 saturated carbocycles. The van der Waals surface area contributed by atoms with E-state index in [2.05, 4.69) is 0 Å². The fraction of sp³-hybridized carbons (Fsp3) is 0.500. The Balaban J connectivity index is 1.88. The van der Waals surface area contributed by atoms with Crippen molar-refractivity contribution in [2.24, 2.45) is 11.7 Å². The van der Waals surface area contributed by atoms with E-state index in [4.69, 9.17) is 5.73 Å². The summed E-state index contributed by atoms with van der Waals surface area (Å²) < 4.78 is 16.6. The van der Waals surface area contributed by atoms with Gasteiger partial charge in [-0.3, -0.25) is 9.59 Å². The van der Waals surface area contributed by atoms with Crippen molar-refractivity contribution in [2.45, 2.75) is 39.8 Å². The lowest BCUT2D eigenvalue weighted by molar-refractivity contribution is -0.134. The second kappa shape index (κ2) is 9.05. The molecule has 1 aromatic heterocycles. The standard InChI is InChI=1S/C22H29FN4O4/c1-4-13(3)19(24)21(29)27-8-6-26(7-9-27)18-11-17-14(10-16(18)23)20(28)15(22(30)31)12-25(17)5-2/h10-13,19H,4-9,24H2,1-3H3,(H,30,31). The molecule has 1 aliphatic heterocycles. The van der Waals surface area contributed by atoms with Gasteiger partial charge < -0.3 is 25.2 Å². The van der Waals surface area contributed by atoms with Crippen LogP contribution in [-0.4, -0.2) is 58.7 Å². The van der Waals surface area contributed by atoms with Crippen molar-refractivity contribution >= 4 is 28.5 Å². The molecule has 8 nitrogen and oxygen atoms in total. The highest BCUT2D eigenvalue weighted by Crippen LogP contribution is 2.26. The monoisotopic (exact) mass is 432 g/mol. The number of hydrogen-bond donors (Lipinski definition) is 2. The van der Waals surface area contributed by atoms with Crippen molar-refractivity contribution < 1.29 is 19.1 Å². The second-order valence-electron chi connectivity index (χ2n) is 8.01. The lowest BCUT2D eigenvalue weighted by atomic mass is 9.98. The van der Waals surface area contributed by atoms with Crippen LogP contribution in [0.4, 0.5) is 10.1 Å². The fourth-order valence-corrected chi connectivity index (χ4v) is 3.93. The number of anilines is 1. The quantitative estimate of drug-likeness (QED) is 0.722. The molecule has 1 aliphatic rings. The van der Waals surface area contributed by atoms with Crippen molar-refractivity contribution in [3.63, 3.8) is 0 Å². The number of rotatable bonds is 6. The van der Waals surface area contributed by atoms with Gasteiger partial charge in [-0.1, -0.05) is 20.3 Å². The number of aromatic nitrogens is 1. The lowest BCUT2D eigenvalue weighted by Crippen LogP contribution is -2.54. The maximum atomic E-state index is 15.0. The van der Waals surface area contributed by atoms with Gasteiger partial charge in [-0.25, -0.2) is 9.18 Å². The van der Waals surface area contributed by atoms with Crippen LogP contribution < -0.4 is 16.1 Å². The number of carboxylic acid groups (broad SMARTS) is 1. The molecule has 0 bridgehead atoms. The first-order valence-corrected chi connectivity index (χ1v) is 10.6. The Labute approximate surface area is 180 Å². The van der Waals surface area contributed by atoms with E-state index in [9.17, 15) is 23.9 Å². The number of nitrogens with zero attached hydrogens (tertiary/aromatic N) is 3. The molecule has 2 aromatic rings. The summed E-state index contributed by atoms with van der Waals surface area (Å²) in [5, 5.41) is 9.31. The minimum absolute atomic E-state index is 0.0383. The Morgan fingerprint density at radius 2 is 1.84 bits per heavy atom. The van der Waals surface area contributed by atoms with Crippen LogP contribution in [0.25, 0.3) is 10.9 Å². The number of halogens is 1. The number of carbonyl (C=O) groups is 2. The van der Waals surface area contributed by atoms with Gasteiger partial charge in [-0.05, 0) is 25.0 Å². The summed E-state index contributed by atoms with van der Waals surface area (Å²) in [6, 6.07) is 2.15. The van der Waals surface area contributed by atoms with Crippen molar-refractivity contribution in [3.8, 4) is 0 Å². The maximum Gasteiger partial charge on any atom is 0.341 e. The number of fused-ring (bicyclic) bond motifs is 1. The van der Waals surface area contributed by atoms with E-state index in [0.717, 1.165) is 12.5 Å². The lowest BCUT2D eigenvalue weighted by Gasteiger charge is -2.38. The predicted molar refractivity (Wildman–Crippen MR) is 117 cm³/mol. The Kier molecular flexibility index (Phi) is 6.64. The van der Waals surface area contributed by atoms with Gasteiger partial charge in [0.25, 0.3) is 0 Å². The fourth-order valence-electron chi connectivity index (χ4n) is 3.93. The third-order valence-electron chi connectivity index (χ3n) is 6.19. The predicted octanol–water partition coefficient (Wildman–Crippen LogP) is 1.88. The Morgan fingerprint density at radius 1 is 1.19 bits per heavy atom. The molecule has 1 fully saturated rings. The zero-order chi connectivity index (χ0) is 22.9. The van der Waals surface area contributed by atoms with Gasteiger partial charge in [-0.15, -0.1) is 0 Å². The summed E-state index contributed by atoms with van der Waals surface area (Å²) in [6.45, 7) is 7.93. The largest absolute Gasteiger partial charge is 0.477 e. The number of carboxylic acids is 1. The number of carbonyl (C=O) groups excluding carboxylic acids is 1. The van der Waals surface area contributed by atoms with E-state index >= 15 is 0 Å². The molecular formula is C22H29FN4O4. The minimum Gasteiger partial charge on any atom is -0.477 e. The smallest absolute Gasteiger partial charge is 0.341 e. The highest BCUT2D eigenvalue weighted by Gasteiger charge is 2.29. The van der Waals surface area contributed by atoms with Crippen LogP contribution in [0.3, 0.4) is 0 Å². The van der Waals surface area contributed by atoms with E-state index in [0.29, 0.717) is 43.9 Å². The Morgan fingerprint density at radius 3 is 2.39 bits per heavy atom. The first-order valence-electron chi connectivity index (χ1n) is 10.6. The van der Waals surface area contributed by atoms with Crippen LogP contribution >= 0.6 is 0 Å². The minimum atomic E-state index is -1.34. The van der Waals surface area contributed by atoms with Crippen molar-refractivity contribution in [1.82, 2.24) is 9.47 Å². The van der Waals surface area contributed by atoms with Crippen LogP contribution in [0, 0.1) is 11.7 Å². The summed E-state index contributed by atoms with van der Waals surface area (Å²) >= 11 is 0. The summed E-state index contributed by atoms with van der Waals surface area (Å²) in [7, 11) is 0. The third-order valence-corrected chi connectivity index (χ3v) is 6.19. The number of hydrogen-bond acceptors (Lipinski definition) is 5. The molecule has 1 aromatic carbocycles. The van der Waals surface area contributed by atoms with E-state index in [1.807, 2.05) is 25.7 Å². The average molecular weight is 432 g/mol. The van der Waals surface area contributed by atoms with Gasteiger partial charge >= 0.3 is 5.97 Å². The number of pyridine rings is 1. The van der Waals surface area contributed by atoms with Gasteiger partial charge in [0.05, 0.1) is 17.2 Å². The number of piperazine rings is 1. The molecule has 9 heteroatoms. The molecule has 3 N–H and O–H groups in total. The van der Waals surface area contributed by atoms with Gasteiger partial charge in [-0.2, -0.15) is 0 Å². The van der Waals surface area contributed by atoms with Crippen LogP contribution in [0.1, 0.15) is 37.6 Å². The number of aromatic carboxylic acids is 1. The molecule has 168 valence electrons. The number of nitrogens with two attached hydrogens (primary N) is 1. The number of benzene rings is 1. The first-order chi connectivity index (χ1) is 14.7. The topological polar surface area (TPSA) is 109 Å². The highest BCUT2D eigenvalue weighted by atomic mass is 19.1. The summed E-state index contributed by atoms with van der Waals surface area (Å²) in [6.07, 6.45) is 2.11. The number of aryl methyl sites for hydroxylation is 1. The third kappa shape index (κ3) is 4.27. The molecular weight excluding hydrogens is 403 g/mol. The van der Waals surface area contributed by atoms with Crippen molar-refractivity contribution in [3.05, 3.63) is 39.9 Å². The molecule has 31 heavy (non-hydrogen) atoms. The average Bonchev–Trinajstić information content (AvgIpc) is 2.77.